The first-order chi connectivity index (χ1) is 7.78. The molecule has 0 aliphatic carbocycles. The van der Waals surface area contributed by atoms with Crippen LogP contribution >= 0.6 is 15.9 Å². The second-order valence-electron chi connectivity index (χ2n) is 4.86. The molecule has 1 fully saturated rings. The van der Waals surface area contributed by atoms with Gasteiger partial charge in [0.2, 0.25) is 0 Å². The van der Waals surface area contributed by atoms with E-state index in [1.165, 1.54) is 42.4 Å². The molecule has 0 aromatic heterocycles. The van der Waals surface area contributed by atoms with Crippen molar-refractivity contribution in [2.75, 3.05) is 18.4 Å². The second-order valence-corrected chi connectivity index (χ2v) is 5.51. The number of hydrogen-bond acceptors (Lipinski definition) is 1. The quantitative estimate of drug-likeness (QED) is 0.766. The van der Waals surface area contributed by atoms with Gasteiger partial charge in [-0.1, -0.05) is 45.8 Å². The van der Waals surface area contributed by atoms with Gasteiger partial charge in [0.1, 0.15) is 0 Å². The van der Waals surface area contributed by atoms with Gasteiger partial charge in [0.05, 0.1) is 0 Å². The average molecular weight is 282 g/mol. The molecule has 1 saturated heterocycles. The third-order valence-corrected chi connectivity index (χ3v) is 4.33. The van der Waals surface area contributed by atoms with Crippen molar-refractivity contribution in [3.05, 3.63) is 35.4 Å². The summed E-state index contributed by atoms with van der Waals surface area (Å²) in [6.45, 7) is 5.80. The largest absolute Gasteiger partial charge is 0.299 e. The van der Waals surface area contributed by atoms with Gasteiger partial charge in [0.15, 0.2) is 0 Å². The van der Waals surface area contributed by atoms with E-state index in [2.05, 4.69) is 52.0 Å². The van der Waals surface area contributed by atoms with E-state index in [1.807, 2.05) is 0 Å². The van der Waals surface area contributed by atoms with Gasteiger partial charge in [-0.15, -0.1) is 0 Å². The summed E-state index contributed by atoms with van der Waals surface area (Å²) < 4.78 is 0. The smallest absolute Gasteiger partial charge is 0.0233 e. The lowest BCUT2D eigenvalue weighted by atomic mass is 9.98. The van der Waals surface area contributed by atoms with E-state index in [0.29, 0.717) is 0 Å². The van der Waals surface area contributed by atoms with E-state index in [0.717, 1.165) is 12.5 Å². The van der Waals surface area contributed by atoms with Crippen LogP contribution in [0.4, 0.5) is 0 Å². The van der Waals surface area contributed by atoms with E-state index in [9.17, 15) is 0 Å². The van der Waals surface area contributed by atoms with E-state index in [-0.39, 0.29) is 0 Å². The molecule has 1 aliphatic rings. The van der Waals surface area contributed by atoms with Gasteiger partial charge < -0.3 is 0 Å². The molecule has 0 saturated carbocycles. The predicted octanol–water partition coefficient (Wildman–Crippen LogP) is 3.60. The summed E-state index contributed by atoms with van der Waals surface area (Å²) in [5.41, 5.74) is 2.82. The molecular weight excluding hydrogens is 262 g/mol. The van der Waals surface area contributed by atoms with Crippen LogP contribution in [-0.2, 0) is 6.54 Å². The maximum atomic E-state index is 3.59. The van der Waals surface area contributed by atoms with Crippen LogP contribution in [0.5, 0.6) is 0 Å². The highest BCUT2D eigenvalue weighted by atomic mass is 79.9. The molecule has 0 bridgehead atoms. The Morgan fingerprint density at radius 3 is 2.69 bits per heavy atom. The van der Waals surface area contributed by atoms with E-state index >= 15 is 0 Å². The summed E-state index contributed by atoms with van der Waals surface area (Å²) in [5.74, 6) is 0.897. The Morgan fingerprint density at radius 1 is 1.31 bits per heavy atom. The number of hydrogen-bond donors (Lipinski definition) is 0. The molecule has 2 heteroatoms. The number of alkyl halides is 1. The zero-order valence-corrected chi connectivity index (χ0v) is 11.5. The number of halogens is 1. The highest BCUT2D eigenvalue weighted by Crippen LogP contribution is 2.20. The Balaban J connectivity index is 1.87. The Hall–Kier alpha value is -0.340. The van der Waals surface area contributed by atoms with Crippen LogP contribution in [0.1, 0.15) is 24.0 Å². The van der Waals surface area contributed by atoms with Crippen LogP contribution in [0, 0.1) is 12.8 Å². The number of piperidine rings is 1. The first-order valence-corrected chi connectivity index (χ1v) is 7.24. The third-order valence-electron chi connectivity index (χ3n) is 3.41. The zero-order valence-electron chi connectivity index (χ0n) is 9.95. The third kappa shape index (κ3) is 3.33. The van der Waals surface area contributed by atoms with Crippen molar-refractivity contribution in [2.45, 2.75) is 26.3 Å². The second kappa shape index (κ2) is 5.83. The van der Waals surface area contributed by atoms with Crippen LogP contribution in [0.25, 0.3) is 0 Å². The fourth-order valence-electron chi connectivity index (χ4n) is 2.37. The lowest BCUT2D eigenvalue weighted by Gasteiger charge is -2.31. The van der Waals surface area contributed by atoms with Crippen molar-refractivity contribution in [3.8, 4) is 0 Å². The van der Waals surface area contributed by atoms with Crippen molar-refractivity contribution in [3.63, 3.8) is 0 Å². The van der Waals surface area contributed by atoms with Crippen LogP contribution in [-0.4, -0.2) is 23.3 Å². The normalized spacial score (nSPS) is 18.9. The van der Waals surface area contributed by atoms with Crippen LogP contribution < -0.4 is 0 Å². The summed E-state index contributed by atoms with van der Waals surface area (Å²) in [5, 5.41) is 1.17. The molecule has 0 amide bonds. The number of rotatable bonds is 3. The molecule has 0 unspecified atom stereocenters. The Labute approximate surface area is 107 Å². The molecular formula is C14H20BrN. The molecule has 1 aromatic rings. The lowest BCUT2D eigenvalue weighted by Crippen LogP contribution is -2.33. The maximum Gasteiger partial charge on any atom is 0.0233 e. The first kappa shape index (κ1) is 12.1. The Kier molecular flexibility index (Phi) is 4.42. The number of aryl methyl sites for hydroxylation is 1. The molecule has 0 atom stereocenters. The lowest BCUT2D eigenvalue weighted by molar-refractivity contribution is 0.187. The molecule has 1 heterocycles. The highest BCUT2D eigenvalue weighted by Gasteiger charge is 2.17. The molecule has 0 radical (unpaired) electrons. The zero-order chi connectivity index (χ0) is 11.4. The standard InChI is InChI=1S/C14H20BrN/c1-12-3-2-4-14(9-12)11-16-7-5-13(10-15)6-8-16/h2-4,9,13H,5-8,10-11H2,1H3. The minimum atomic E-state index is 0.897. The predicted molar refractivity (Wildman–Crippen MR) is 73.0 cm³/mol. The number of likely N-dealkylation sites (tertiary alicyclic amines) is 1. The van der Waals surface area contributed by atoms with E-state index in [4.69, 9.17) is 0 Å². The monoisotopic (exact) mass is 281 g/mol. The summed E-state index contributed by atoms with van der Waals surface area (Å²) in [7, 11) is 0. The molecule has 1 aromatic carbocycles. The highest BCUT2D eigenvalue weighted by molar-refractivity contribution is 9.09. The van der Waals surface area contributed by atoms with Crippen molar-refractivity contribution >= 4 is 15.9 Å². The van der Waals surface area contributed by atoms with E-state index < -0.39 is 0 Å². The van der Waals surface area contributed by atoms with Crippen LogP contribution in [0.2, 0.25) is 0 Å². The topological polar surface area (TPSA) is 3.24 Å². The number of benzene rings is 1. The Bertz CT molecular complexity index is 329. The van der Waals surface area contributed by atoms with Gasteiger partial charge in [0.25, 0.3) is 0 Å². The minimum absolute atomic E-state index is 0.897. The average Bonchev–Trinajstić information content (AvgIpc) is 2.30. The molecule has 2 rings (SSSR count). The van der Waals surface area contributed by atoms with Gasteiger partial charge in [-0.25, -0.2) is 0 Å². The maximum absolute atomic E-state index is 3.59. The van der Waals surface area contributed by atoms with Crippen molar-refractivity contribution in [1.29, 1.82) is 0 Å². The van der Waals surface area contributed by atoms with Crippen molar-refractivity contribution < 1.29 is 0 Å². The van der Waals surface area contributed by atoms with Gasteiger partial charge in [-0.3, -0.25) is 4.90 Å². The van der Waals surface area contributed by atoms with Crippen LogP contribution in [0.3, 0.4) is 0 Å². The van der Waals surface area contributed by atoms with Crippen molar-refractivity contribution in [1.82, 2.24) is 4.90 Å². The SMILES string of the molecule is Cc1cccc(CN2CCC(CBr)CC2)c1. The summed E-state index contributed by atoms with van der Waals surface area (Å²) in [6, 6.07) is 8.87. The minimum Gasteiger partial charge on any atom is -0.299 e. The van der Waals surface area contributed by atoms with Gasteiger partial charge >= 0.3 is 0 Å². The fraction of sp³-hybridized carbons (Fsp3) is 0.571. The molecule has 1 nitrogen and oxygen atoms in total. The molecule has 0 spiro atoms. The van der Waals surface area contributed by atoms with Gasteiger partial charge in [-0.05, 0) is 44.3 Å². The summed E-state index contributed by atoms with van der Waals surface area (Å²) in [6.07, 6.45) is 2.69. The first-order valence-electron chi connectivity index (χ1n) is 6.12. The Morgan fingerprint density at radius 2 is 2.06 bits per heavy atom. The van der Waals surface area contributed by atoms with Crippen molar-refractivity contribution in [2.24, 2.45) is 5.92 Å². The van der Waals surface area contributed by atoms with Gasteiger partial charge in [0, 0.05) is 11.9 Å². The number of nitrogens with zero attached hydrogens (tertiary/aromatic N) is 1. The van der Waals surface area contributed by atoms with Crippen LogP contribution in [0.15, 0.2) is 24.3 Å². The fourth-order valence-corrected chi connectivity index (χ4v) is 3.02. The van der Waals surface area contributed by atoms with E-state index in [1.54, 1.807) is 0 Å². The summed E-state index contributed by atoms with van der Waals surface area (Å²) >= 11 is 3.59. The molecule has 1 aliphatic heterocycles. The molecule has 88 valence electrons. The molecule has 16 heavy (non-hydrogen) atoms. The molecule has 0 N–H and O–H groups in total. The summed E-state index contributed by atoms with van der Waals surface area (Å²) in [4.78, 5) is 2.58. The van der Waals surface area contributed by atoms with Gasteiger partial charge in [-0.2, -0.15) is 0 Å².